The highest BCUT2D eigenvalue weighted by Gasteiger charge is 2.11. The van der Waals surface area contributed by atoms with Gasteiger partial charge in [0.25, 0.3) is 0 Å². The van der Waals surface area contributed by atoms with Crippen LogP contribution in [0.2, 0.25) is 5.02 Å². The van der Waals surface area contributed by atoms with E-state index < -0.39 is 0 Å². The maximum Gasteiger partial charge on any atom is 0.163 e. The Morgan fingerprint density at radius 1 is 1.16 bits per heavy atom. The van der Waals surface area contributed by atoms with Crippen LogP contribution in [0.5, 0.6) is 11.5 Å². The summed E-state index contributed by atoms with van der Waals surface area (Å²) < 4.78 is 6.68. The van der Waals surface area contributed by atoms with Gasteiger partial charge in [-0.3, -0.25) is 4.79 Å². The molecule has 4 heteroatoms. The van der Waals surface area contributed by atoms with E-state index in [1.807, 2.05) is 19.1 Å². The van der Waals surface area contributed by atoms with Crippen LogP contribution in [0.15, 0.2) is 40.9 Å². The van der Waals surface area contributed by atoms with E-state index >= 15 is 0 Å². The van der Waals surface area contributed by atoms with E-state index in [0.717, 1.165) is 10.0 Å². The molecule has 0 atom stereocenters. The van der Waals surface area contributed by atoms with E-state index in [4.69, 9.17) is 16.3 Å². The van der Waals surface area contributed by atoms with Crippen molar-refractivity contribution in [2.45, 2.75) is 13.8 Å². The first kappa shape index (κ1) is 14.1. The van der Waals surface area contributed by atoms with Gasteiger partial charge in [-0.15, -0.1) is 0 Å². The van der Waals surface area contributed by atoms with Gasteiger partial charge in [0.1, 0.15) is 11.5 Å². The lowest BCUT2D eigenvalue weighted by molar-refractivity contribution is 0.101. The van der Waals surface area contributed by atoms with Crippen LogP contribution in [0, 0.1) is 6.92 Å². The van der Waals surface area contributed by atoms with Crippen LogP contribution in [0.4, 0.5) is 0 Å². The third-order valence-corrected chi connectivity index (χ3v) is 3.42. The van der Waals surface area contributed by atoms with Gasteiger partial charge in [0, 0.05) is 9.50 Å². The zero-order chi connectivity index (χ0) is 14.0. The van der Waals surface area contributed by atoms with Gasteiger partial charge >= 0.3 is 0 Å². The molecule has 0 unspecified atom stereocenters. The highest BCUT2D eigenvalue weighted by molar-refractivity contribution is 9.10. The zero-order valence-corrected chi connectivity index (χ0v) is 12.9. The largest absolute Gasteiger partial charge is 0.456 e. The number of hydrogen-bond donors (Lipinski definition) is 0. The van der Waals surface area contributed by atoms with Gasteiger partial charge in [0.15, 0.2) is 5.78 Å². The number of hydrogen-bond acceptors (Lipinski definition) is 2. The SMILES string of the molecule is CC(=O)c1ccc(Br)cc1Oc1cc(Cl)ccc1C. The van der Waals surface area contributed by atoms with E-state index in [-0.39, 0.29) is 5.78 Å². The quantitative estimate of drug-likeness (QED) is 0.699. The number of benzene rings is 2. The molecule has 2 nitrogen and oxygen atoms in total. The van der Waals surface area contributed by atoms with Crippen molar-refractivity contribution < 1.29 is 9.53 Å². The first-order valence-electron chi connectivity index (χ1n) is 5.72. The Kier molecular flexibility index (Phi) is 4.27. The number of halogens is 2. The minimum absolute atomic E-state index is 0.0396. The number of aryl methyl sites for hydroxylation is 1. The third-order valence-electron chi connectivity index (χ3n) is 2.69. The average molecular weight is 340 g/mol. The van der Waals surface area contributed by atoms with E-state index in [9.17, 15) is 4.79 Å². The molecule has 98 valence electrons. The van der Waals surface area contributed by atoms with Crippen LogP contribution in [-0.2, 0) is 0 Å². The first-order valence-corrected chi connectivity index (χ1v) is 6.89. The van der Waals surface area contributed by atoms with Gasteiger partial charge in [0.05, 0.1) is 5.56 Å². The van der Waals surface area contributed by atoms with E-state index in [0.29, 0.717) is 22.1 Å². The maximum atomic E-state index is 11.6. The van der Waals surface area contributed by atoms with Crippen molar-refractivity contribution in [3.05, 3.63) is 57.0 Å². The predicted molar refractivity (Wildman–Crippen MR) is 80.4 cm³/mol. The van der Waals surface area contributed by atoms with Crippen molar-refractivity contribution in [1.82, 2.24) is 0 Å². The van der Waals surface area contributed by atoms with E-state index in [2.05, 4.69) is 15.9 Å². The van der Waals surface area contributed by atoms with Crippen molar-refractivity contribution in [3.8, 4) is 11.5 Å². The second-order valence-electron chi connectivity index (χ2n) is 4.21. The fourth-order valence-electron chi connectivity index (χ4n) is 1.67. The molecule has 0 radical (unpaired) electrons. The lowest BCUT2D eigenvalue weighted by Crippen LogP contribution is -1.98. The molecule has 0 saturated heterocycles. The van der Waals surface area contributed by atoms with Crippen LogP contribution >= 0.6 is 27.5 Å². The summed E-state index contributed by atoms with van der Waals surface area (Å²) in [6, 6.07) is 10.7. The molecule has 0 saturated carbocycles. The summed E-state index contributed by atoms with van der Waals surface area (Å²) in [6.07, 6.45) is 0. The molecular weight excluding hydrogens is 328 g/mol. The molecule has 2 aromatic carbocycles. The van der Waals surface area contributed by atoms with Gasteiger partial charge in [-0.05, 0) is 49.7 Å². The van der Waals surface area contributed by atoms with Crippen molar-refractivity contribution in [2.24, 2.45) is 0 Å². The van der Waals surface area contributed by atoms with Gasteiger partial charge in [-0.1, -0.05) is 33.6 Å². The fraction of sp³-hybridized carbons (Fsp3) is 0.133. The Morgan fingerprint density at radius 3 is 2.58 bits per heavy atom. The number of ether oxygens (including phenoxy) is 1. The highest BCUT2D eigenvalue weighted by Crippen LogP contribution is 2.32. The number of ketones is 1. The number of carbonyl (C=O) groups excluding carboxylic acids is 1. The molecule has 0 aliphatic heterocycles. The van der Waals surface area contributed by atoms with Crippen molar-refractivity contribution >= 4 is 33.3 Å². The number of rotatable bonds is 3. The van der Waals surface area contributed by atoms with Crippen LogP contribution in [0.25, 0.3) is 0 Å². The summed E-state index contributed by atoms with van der Waals surface area (Å²) in [5.41, 5.74) is 1.50. The smallest absolute Gasteiger partial charge is 0.163 e. The van der Waals surface area contributed by atoms with Crippen LogP contribution in [0.3, 0.4) is 0 Å². The van der Waals surface area contributed by atoms with Crippen molar-refractivity contribution in [2.75, 3.05) is 0 Å². The van der Waals surface area contributed by atoms with E-state index in [1.54, 1.807) is 24.3 Å². The maximum absolute atomic E-state index is 11.6. The minimum Gasteiger partial charge on any atom is -0.456 e. The molecule has 0 aliphatic rings. The Morgan fingerprint density at radius 2 is 1.89 bits per heavy atom. The van der Waals surface area contributed by atoms with Crippen LogP contribution < -0.4 is 4.74 Å². The molecule has 0 aromatic heterocycles. The molecule has 0 bridgehead atoms. The standard InChI is InChI=1S/C15H12BrClO2/c1-9-3-5-12(17)8-14(9)19-15-7-11(16)4-6-13(15)10(2)18/h3-8H,1-2H3. The summed E-state index contributed by atoms with van der Waals surface area (Å²) in [6.45, 7) is 3.44. The highest BCUT2D eigenvalue weighted by atomic mass is 79.9. The van der Waals surface area contributed by atoms with Crippen LogP contribution in [0.1, 0.15) is 22.8 Å². The molecule has 2 rings (SSSR count). The Hall–Kier alpha value is -1.32. The molecule has 2 aromatic rings. The molecule has 0 heterocycles. The average Bonchev–Trinajstić information content (AvgIpc) is 2.33. The molecule has 0 spiro atoms. The molecule has 0 N–H and O–H groups in total. The molecule has 0 amide bonds. The van der Waals surface area contributed by atoms with Gasteiger partial charge in [0.2, 0.25) is 0 Å². The third kappa shape index (κ3) is 3.37. The Bertz CT molecular complexity index is 638. The summed E-state index contributed by atoms with van der Waals surface area (Å²) in [5.74, 6) is 1.13. The lowest BCUT2D eigenvalue weighted by Gasteiger charge is -2.12. The molecule has 0 fully saturated rings. The number of carbonyl (C=O) groups is 1. The van der Waals surface area contributed by atoms with Crippen LogP contribution in [-0.4, -0.2) is 5.78 Å². The monoisotopic (exact) mass is 338 g/mol. The normalized spacial score (nSPS) is 10.3. The van der Waals surface area contributed by atoms with E-state index in [1.165, 1.54) is 6.92 Å². The van der Waals surface area contributed by atoms with Crippen molar-refractivity contribution in [1.29, 1.82) is 0 Å². The minimum atomic E-state index is -0.0396. The first-order chi connectivity index (χ1) is 8.97. The second-order valence-corrected chi connectivity index (χ2v) is 5.56. The Labute approximate surface area is 125 Å². The lowest BCUT2D eigenvalue weighted by atomic mass is 10.1. The van der Waals surface area contributed by atoms with Gasteiger partial charge in [-0.25, -0.2) is 0 Å². The zero-order valence-electron chi connectivity index (χ0n) is 10.5. The second kappa shape index (κ2) is 5.76. The van der Waals surface area contributed by atoms with Crippen molar-refractivity contribution in [3.63, 3.8) is 0 Å². The Balaban J connectivity index is 2.45. The summed E-state index contributed by atoms with van der Waals surface area (Å²) in [7, 11) is 0. The van der Waals surface area contributed by atoms with Gasteiger partial charge < -0.3 is 4.74 Å². The topological polar surface area (TPSA) is 26.3 Å². The molecule has 19 heavy (non-hydrogen) atoms. The predicted octanol–water partition coefficient (Wildman–Crippen LogP) is 5.41. The summed E-state index contributed by atoms with van der Waals surface area (Å²) in [4.78, 5) is 11.6. The summed E-state index contributed by atoms with van der Waals surface area (Å²) >= 11 is 9.33. The molecule has 0 aliphatic carbocycles. The number of Topliss-reactive ketones (excluding diaryl/α,β-unsaturated/α-hetero) is 1. The summed E-state index contributed by atoms with van der Waals surface area (Å²) in [5, 5.41) is 0.597. The fourth-order valence-corrected chi connectivity index (χ4v) is 2.18. The molecular formula is C15H12BrClO2. The van der Waals surface area contributed by atoms with Gasteiger partial charge in [-0.2, -0.15) is 0 Å².